The van der Waals surface area contributed by atoms with Crippen molar-refractivity contribution in [3.63, 3.8) is 0 Å². The van der Waals surface area contributed by atoms with Crippen LogP contribution in [0.15, 0.2) is 61.1 Å². The Morgan fingerprint density at radius 2 is 1.80 bits per heavy atom. The Labute approximate surface area is 234 Å². The molecule has 3 N–H and O–H groups in total. The summed E-state index contributed by atoms with van der Waals surface area (Å²) in [6.07, 6.45) is 8.11. The number of anilines is 1. The Morgan fingerprint density at radius 1 is 1.05 bits per heavy atom. The molecule has 8 nitrogen and oxygen atoms in total. The molecule has 1 aliphatic carbocycles. The van der Waals surface area contributed by atoms with Crippen LogP contribution in [0.2, 0.25) is 0 Å². The second-order valence-corrected chi connectivity index (χ2v) is 12.1. The molecule has 1 unspecified atom stereocenters. The van der Waals surface area contributed by atoms with Gasteiger partial charge in [0.25, 0.3) is 0 Å². The molecule has 40 heavy (non-hydrogen) atoms. The summed E-state index contributed by atoms with van der Waals surface area (Å²) in [4.78, 5) is 22.7. The lowest BCUT2D eigenvalue weighted by molar-refractivity contribution is 0.0514. The van der Waals surface area contributed by atoms with Crippen LogP contribution in [0.3, 0.4) is 0 Å². The number of amides is 1. The van der Waals surface area contributed by atoms with Crippen molar-refractivity contribution in [2.75, 3.05) is 5.73 Å². The fourth-order valence-corrected chi connectivity index (χ4v) is 6.63. The molecule has 0 spiro atoms. The molecule has 0 bridgehead atoms. The number of benzene rings is 2. The molecular formula is C32H37N5O3. The lowest BCUT2D eigenvalue weighted by Crippen LogP contribution is -2.52. The SMILES string of the molecule is CC(C)(C)N(C(=O)O)[C@H]1CC[C@@H](n2cc(-c3ccc4c(c3)OC(c3ccccc3)CC4)c3c(N)ncnc32)CC1. The number of nitrogen functional groups attached to an aromatic ring is 1. The van der Waals surface area contributed by atoms with Crippen LogP contribution in [0.1, 0.15) is 76.1 Å². The van der Waals surface area contributed by atoms with E-state index in [2.05, 4.69) is 63.2 Å². The number of carbonyl (C=O) groups is 1. The Morgan fingerprint density at radius 3 is 2.50 bits per heavy atom. The summed E-state index contributed by atoms with van der Waals surface area (Å²) < 4.78 is 8.73. The lowest BCUT2D eigenvalue weighted by atomic mass is 9.88. The summed E-state index contributed by atoms with van der Waals surface area (Å²) in [5, 5.41) is 10.7. The van der Waals surface area contributed by atoms with Gasteiger partial charge in [-0.05, 0) is 82.1 Å². The zero-order chi connectivity index (χ0) is 28.0. The summed E-state index contributed by atoms with van der Waals surface area (Å²) in [6, 6.07) is 17.0. The quantitative estimate of drug-likeness (QED) is 0.289. The summed E-state index contributed by atoms with van der Waals surface area (Å²) in [5.41, 5.74) is 11.2. The molecule has 0 saturated heterocycles. The smallest absolute Gasteiger partial charge is 0.407 e. The van der Waals surface area contributed by atoms with Crippen LogP contribution in [0.25, 0.3) is 22.2 Å². The summed E-state index contributed by atoms with van der Waals surface area (Å²) in [5.74, 6) is 1.36. The van der Waals surface area contributed by atoms with Gasteiger partial charge in [-0.1, -0.05) is 42.5 Å². The molecule has 1 amide bonds. The number of aryl methyl sites for hydroxylation is 1. The first-order chi connectivity index (χ1) is 19.2. The molecular weight excluding hydrogens is 502 g/mol. The van der Waals surface area contributed by atoms with Gasteiger partial charge in [0.15, 0.2) is 0 Å². The van der Waals surface area contributed by atoms with Crippen LogP contribution in [-0.2, 0) is 6.42 Å². The first kappa shape index (κ1) is 26.2. The minimum Gasteiger partial charge on any atom is -0.485 e. The fourth-order valence-electron chi connectivity index (χ4n) is 6.63. The van der Waals surface area contributed by atoms with E-state index in [-0.39, 0.29) is 18.2 Å². The van der Waals surface area contributed by atoms with Crippen molar-refractivity contribution in [2.45, 2.75) is 83.0 Å². The zero-order valence-corrected chi connectivity index (χ0v) is 23.4. The largest absolute Gasteiger partial charge is 0.485 e. The van der Waals surface area contributed by atoms with Crippen LogP contribution >= 0.6 is 0 Å². The molecule has 2 aromatic carbocycles. The van der Waals surface area contributed by atoms with Gasteiger partial charge >= 0.3 is 6.09 Å². The van der Waals surface area contributed by atoms with Gasteiger partial charge in [0.2, 0.25) is 0 Å². The highest BCUT2D eigenvalue weighted by Crippen LogP contribution is 2.42. The number of ether oxygens (including phenoxy) is 1. The van der Waals surface area contributed by atoms with Crippen molar-refractivity contribution in [2.24, 2.45) is 0 Å². The first-order valence-electron chi connectivity index (χ1n) is 14.2. The van der Waals surface area contributed by atoms with E-state index in [1.807, 2.05) is 26.8 Å². The van der Waals surface area contributed by atoms with E-state index in [9.17, 15) is 9.90 Å². The number of fused-ring (bicyclic) bond motifs is 2. The van der Waals surface area contributed by atoms with E-state index >= 15 is 0 Å². The molecule has 1 aliphatic heterocycles. The minimum absolute atomic E-state index is 0.00472. The predicted octanol–water partition coefficient (Wildman–Crippen LogP) is 7.01. The third kappa shape index (κ3) is 4.76. The molecule has 2 aliphatic rings. The van der Waals surface area contributed by atoms with Crippen molar-refractivity contribution in [3.8, 4) is 16.9 Å². The second-order valence-electron chi connectivity index (χ2n) is 12.1. The van der Waals surface area contributed by atoms with Gasteiger partial charge in [-0.2, -0.15) is 0 Å². The van der Waals surface area contributed by atoms with E-state index < -0.39 is 11.6 Å². The van der Waals surface area contributed by atoms with Gasteiger partial charge < -0.3 is 25.0 Å². The highest BCUT2D eigenvalue weighted by molar-refractivity contribution is 6.00. The van der Waals surface area contributed by atoms with Gasteiger partial charge in [-0.15, -0.1) is 0 Å². The van der Waals surface area contributed by atoms with Gasteiger partial charge in [0.1, 0.15) is 29.6 Å². The van der Waals surface area contributed by atoms with Crippen LogP contribution in [0.4, 0.5) is 10.6 Å². The Kier molecular flexibility index (Phi) is 6.64. The van der Waals surface area contributed by atoms with Gasteiger partial charge in [-0.3, -0.25) is 0 Å². The molecule has 8 heteroatoms. The minimum atomic E-state index is -0.853. The van der Waals surface area contributed by atoms with E-state index in [1.165, 1.54) is 17.5 Å². The topological polar surface area (TPSA) is 106 Å². The van der Waals surface area contributed by atoms with Gasteiger partial charge in [-0.25, -0.2) is 14.8 Å². The summed E-state index contributed by atoms with van der Waals surface area (Å²) in [6.45, 7) is 5.88. The van der Waals surface area contributed by atoms with Crippen molar-refractivity contribution in [3.05, 3.63) is 72.2 Å². The molecule has 208 valence electrons. The molecule has 4 aromatic rings. The average molecular weight is 540 g/mol. The fraction of sp³-hybridized carbons (Fsp3) is 0.406. The molecule has 0 radical (unpaired) electrons. The van der Waals surface area contributed by atoms with Crippen LogP contribution in [-0.4, -0.2) is 42.2 Å². The van der Waals surface area contributed by atoms with Gasteiger partial charge in [0, 0.05) is 29.4 Å². The van der Waals surface area contributed by atoms with E-state index in [0.29, 0.717) is 5.82 Å². The van der Waals surface area contributed by atoms with Crippen molar-refractivity contribution < 1.29 is 14.6 Å². The van der Waals surface area contributed by atoms with E-state index in [0.717, 1.165) is 66.4 Å². The number of aromatic nitrogens is 3. The van der Waals surface area contributed by atoms with E-state index in [1.54, 1.807) is 4.90 Å². The first-order valence-corrected chi connectivity index (χ1v) is 14.2. The second kappa shape index (κ2) is 10.2. The number of nitrogens with two attached hydrogens (primary N) is 1. The van der Waals surface area contributed by atoms with Crippen LogP contribution in [0, 0.1) is 0 Å². The van der Waals surface area contributed by atoms with Crippen molar-refractivity contribution in [1.29, 1.82) is 0 Å². The van der Waals surface area contributed by atoms with Crippen LogP contribution < -0.4 is 10.5 Å². The highest BCUT2D eigenvalue weighted by atomic mass is 16.5. The number of hydrogen-bond acceptors (Lipinski definition) is 5. The molecule has 2 aromatic heterocycles. The Balaban J connectivity index is 1.31. The van der Waals surface area contributed by atoms with Gasteiger partial charge in [0.05, 0.1) is 5.39 Å². The molecule has 6 rings (SSSR count). The maximum Gasteiger partial charge on any atom is 0.407 e. The van der Waals surface area contributed by atoms with Crippen molar-refractivity contribution >= 4 is 22.9 Å². The standard InChI is InChI=1S/C32H37N5O3/c1-32(2,3)37(31(38)39)24-14-12-23(13-15-24)36-18-25(28-29(33)34-19-35-30(28)36)22-10-9-21-11-16-26(40-27(21)17-22)20-7-5-4-6-8-20/h4-10,17-19,23-24,26H,11-16H2,1-3H3,(H,38,39)(H2,33,34,35)/t23-,24+,26?. The zero-order valence-electron chi connectivity index (χ0n) is 23.4. The third-order valence-corrected chi connectivity index (χ3v) is 8.49. The maximum absolute atomic E-state index is 12.1. The molecule has 1 fully saturated rings. The number of carboxylic acid groups (broad SMARTS) is 1. The number of nitrogens with zero attached hydrogens (tertiary/aromatic N) is 4. The normalized spacial score (nSPS) is 21.0. The number of rotatable bonds is 4. The molecule has 1 atom stereocenters. The predicted molar refractivity (Wildman–Crippen MR) is 156 cm³/mol. The van der Waals surface area contributed by atoms with Crippen LogP contribution in [0.5, 0.6) is 5.75 Å². The monoisotopic (exact) mass is 539 g/mol. The lowest BCUT2D eigenvalue weighted by Gasteiger charge is -2.43. The average Bonchev–Trinajstić information content (AvgIpc) is 3.33. The molecule has 1 saturated carbocycles. The third-order valence-electron chi connectivity index (χ3n) is 8.49. The van der Waals surface area contributed by atoms with E-state index in [4.69, 9.17) is 10.5 Å². The Bertz CT molecular complexity index is 1530. The molecule has 3 heterocycles. The summed E-state index contributed by atoms with van der Waals surface area (Å²) >= 11 is 0. The summed E-state index contributed by atoms with van der Waals surface area (Å²) in [7, 11) is 0. The highest BCUT2D eigenvalue weighted by Gasteiger charge is 2.36. The Hall–Kier alpha value is -4.07. The van der Waals surface area contributed by atoms with Crippen molar-refractivity contribution in [1.82, 2.24) is 19.4 Å². The number of hydrogen-bond donors (Lipinski definition) is 2. The maximum atomic E-state index is 12.1.